The number of anilines is 1. The van der Waals surface area contributed by atoms with Crippen molar-refractivity contribution < 1.29 is 39.0 Å². The third-order valence-electron chi connectivity index (χ3n) is 6.27. The fraction of sp³-hybridized carbons (Fsp3) is 0.455. The van der Waals surface area contributed by atoms with E-state index in [0.717, 1.165) is 4.90 Å². The predicted molar refractivity (Wildman–Crippen MR) is 122 cm³/mol. The number of H-pyrrole nitrogens is 2. The molecule has 2 atom stereocenters. The van der Waals surface area contributed by atoms with Gasteiger partial charge in [-0.3, -0.25) is 29.0 Å². The van der Waals surface area contributed by atoms with Crippen molar-refractivity contribution >= 4 is 41.5 Å². The molecule has 37 heavy (non-hydrogen) atoms. The Bertz CT molecular complexity index is 1220. The number of aliphatic carboxylic acids is 1. The third kappa shape index (κ3) is 5.49. The van der Waals surface area contributed by atoms with Crippen molar-refractivity contribution in [2.24, 2.45) is 0 Å². The van der Waals surface area contributed by atoms with Crippen LogP contribution in [0.3, 0.4) is 0 Å². The smallest absolute Gasteiger partial charge is 0.356 e. The Morgan fingerprint density at radius 1 is 1.11 bits per heavy atom. The second-order valence-electron chi connectivity index (χ2n) is 8.72. The van der Waals surface area contributed by atoms with E-state index in [1.807, 2.05) is 0 Å². The minimum Gasteiger partial charge on any atom is -0.480 e. The number of imide groups is 2. The summed E-state index contributed by atoms with van der Waals surface area (Å²) in [5, 5.41) is 22.0. The minimum absolute atomic E-state index is 0.00176. The summed E-state index contributed by atoms with van der Waals surface area (Å²) in [6, 6.07) is -2.53. The van der Waals surface area contributed by atoms with E-state index in [4.69, 9.17) is 0 Å². The number of rotatable bonds is 10. The van der Waals surface area contributed by atoms with Crippen LogP contribution in [0, 0.1) is 0 Å². The molecule has 15 nitrogen and oxygen atoms in total. The van der Waals surface area contributed by atoms with Crippen molar-refractivity contribution in [1.29, 1.82) is 0 Å². The van der Waals surface area contributed by atoms with Gasteiger partial charge in [0.05, 0.1) is 17.7 Å². The number of carbonyl (C=O) groups is 6. The monoisotopic (exact) mass is 515 g/mol. The molecule has 0 saturated carbocycles. The molecule has 4 rings (SSSR count). The summed E-state index contributed by atoms with van der Waals surface area (Å²) in [4.78, 5) is 88.6. The van der Waals surface area contributed by atoms with E-state index in [2.05, 4.69) is 25.3 Å². The zero-order chi connectivity index (χ0) is 26.7. The zero-order valence-corrected chi connectivity index (χ0v) is 19.6. The molecule has 5 N–H and O–H groups in total. The Hall–Kier alpha value is -4.56. The van der Waals surface area contributed by atoms with Crippen LogP contribution in [0.15, 0.2) is 12.5 Å². The molecule has 2 aliphatic rings. The van der Waals surface area contributed by atoms with Crippen LogP contribution >= 0.6 is 0 Å². The highest BCUT2D eigenvalue weighted by molar-refractivity contribution is 6.04. The van der Waals surface area contributed by atoms with Crippen molar-refractivity contribution in [1.82, 2.24) is 29.7 Å². The first-order valence-electron chi connectivity index (χ1n) is 11.6. The molecule has 0 spiro atoms. The number of imidazole rings is 2. The summed E-state index contributed by atoms with van der Waals surface area (Å²) in [6.07, 6.45) is 3.51. The second-order valence-corrected chi connectivity index (χ2v) is 8.72. The molecule has 196 valence electrons. The molecular formula is C22H25N7O8. The van der Waals surface area contributed by atoms with E-state index in [-0.39, 0.29) is 74.2 Å². The van der Waals surface area contributed by atoms with Gasteiger partial charge in [-0.1, -0.05) is 0 Å². The number of piperidine rings is 2. The van der Waals surface area contributed by atoms with E-state index in [1.54, 1.807) is 0 Å². The maximum atomic E-state index is 13.2. The first-order valence-corrected chi connectivity index (χ1v) is 11.6. The van der Waals surface area contributed by atoms with Crippen molar-refractivity contribution in [2.45, 2.75) is 57.0 Å². The lowest BCUT2D eigenvalue weighted by Gasteiger charge is -2.34. The summed E-state index contributed by atoms with van der Waals surface area (Å²) in [5.74, 6) is -4.90. The molecule has 0 radical (unpaired) electrons. The van der Waals surface area contributed by atoms with Gasteiger partial charge in [0.1, 0.15) is 12.1 Å². The third-order valence-corrected chi connectivity index (χ3v) is 6.27. The molecule has 4 heterocycles. The SMILES string of the molecule is O=C(O)c1nc(NC2CCC(=O)N(C(Cc3c[nH]cn3)C(=O)O)C2=O)[nH]c1CCN1C(=O)CCCC1=O. The highest BCUT2D eigenvalue weighted by atomic mass is 16.4. The number of carbonyl (C=O) groups excluding carboxylic acids is 4. The van der Waals surface area contributed by atoms with Gasteiger partial charge in [0.25, 0.3) is 5.91 Å². The molecular weight excluding hydrogens is 490 g/mol. The first-order chi connectivity index (χ1) is 17.7. The molecule has 0 bridgehead atoms. The second kappa shape index (κ2) is 10.6. The highest BCUT2D eigenvalue weighted by Crippen LogP contribution is 2.22. The molecule has 0 aliphatic carbocycles. The van der Waals surface area contributed by atoms with Crippen LogP contribution < -0.4 is 5.32 Å². The molecule has 2 saturated heterocycles. The van der Waals surface area contributed by atoms with Gasteiger partial charge in [0.2, 0.25) is 23.7 Å². The van der Waals surface area contributed by atoms with Crippen LogP contribution in [-0.4, -0.2) is 94.1 Å². The van der Waals surface area contributed by atoms with E-state index in [1.165, 1.54) is 12.5 Å². The van der Waals surface area contributed by atoms with Crippen LogP contribution in [0.4, 0.5) is 5.95 Å². The number of carboxylic acids is 2. The number of nitrogens with zero attached hydrogens (tertiary/aromatic N) is 4. The van der Waals surface area contributed by atoms with Crippen molar-refractivity contribution in [2.75, 3.05) is 11.9 Å². The zero-order valence-electron chi connectivity index (χ0n) is 19.6. The lowest BCUT2D eigenvalue weighted by molar-refractivity contribution is -0.160. The van der Waals surface area contributed by atoms with Gasteiger partial charge >= 0.3 is 11.9 Å². The van der Waals surface area contributed by atoms with Gasteiger partial charge < -0.3 is 25.5 Å². The fourth-order valence-electron chi connectivity index (χ4n) is 4.43. The molecule has 0 aromatic carbocycles. The number of aromatic amines is 2. The maximum Gasteiger partial charge on any atom is 0.356 e. The Balaban J connectivity index is 1.49. The summed E-state index contributed by atoms with van der Waals surface area (Å²) in [5.41, 5.74) is 0.146. The molecule has 2 fully saturated rings. The number of carboxylic acid groups (broad SMARTS) is 2. The number of hydrogen-bond donors (Lipinski definition) is 5. The summed E-state index contributed by atoms with van der Waals surface area (Å²) < 4.78 is 0. The number of hydrogen-bond acceptors (Lipinski definition) is 9. The number of aromatic nitrogens is 4. The number of likely N-dealkylation sites (tertiary alicyclic amines) is 2. The van der Waals surface area contributed by atoms with Crippen molar-refractivity contribution in [3.8, 4) is 0 Å². The van der Waals surface area contributed by atoms with Gasteiger partial charge in [-0.25, -0.2) is 19.6 Å². The maximum absolute atomic E-state index is 13.2. The van der Waals surface area contributed by atoms with Gasteiger partial charge in [-0.05, 0) is 12.8 Å². The highest BCUT2D eigenvalue weighted by Gasteiger charge is 2.42. The Labute approximate surface area is 209 Å². The molecule has 2 aromatic heterocycles. The van der Waals surface area contributed by atoms with E-state index in [9.17, 15) is 39.0 Å². The lowest BCUT2D eigenvalue weighted by Crippen LogP contribution is -2.57. The van der Waals surface area contributed by atoms with Crippen LogP contribution in [0.5, 0.6) is 0 Å². The van der Waals surface area contributed by atoms with E-state index >= 15 is 0 Å². The summed E-state index contributed by atoms with van der Waals surface area (Å²) in [6.45, 7) is -0.0301. The van der Waals surface area contributed by atoms with E-state index < -0.39 is 35.8 Å². The predicted octanol–water partition coefficient (Wildman–Crippen LogP) is -0.462. The first kappa shape index (κ1) is 25.5. The quantitative estimate of drug-likeness (QED) is 0.255. The van der Waals surface area contributed by atoms with Gasteiger partial charge in [-0.2, -0.15) is 0 Å². The normalized spacial score (nSPS) is 19.3. The van der Waals surface area contributed by atoms with Crippen molar-refractivity contribution in [3.05, 3.63) is 29.6 Å². The van der Waals surface area contributed by atoms with Gasteiger partial charge in [-0.15, -0.1) is 0 Å². The minimum atomic E-state index is -1.48. The van der Waals surface area contributed by atoms with Crippen LogP contribution in [0.25, 0.3) is 0 Å². The Kier molecular flexibility index (Phi) is 7.31. The largest absolute Gasteiger partial charge is 0.480 e. The topological polar surface area (TPSA) is 219 Å². The number of nitrogens with one attached hydrogen (secondary N) is 3. The summed E-state index contributed by atoms with van der Waals surface area (Å²) in [7, 11) is 0. The van der Waals surface area contributed by atoms with Crippen LogP contribution in [0.1, 0.15) is 54.0 Å². The number of amides is 4. The number of aromatic carboxylic acids is 1. The fourth-order valence-corrected chi connectivity index (χ4v) is 4.43. The van der Waals surface area contributed by atoms with Crippen molar-refractivity contribution in [3.63, 3.8) is 0 Å². The standard InChI is InChI=1S/C22H25N7O8/c30-15-2-1-3-16(31)28(15)7-6-12-18(21(36)37)27-22(25-12)26-13-4-5-17(32)29(19(13)33)14(20(34)35)8-11-9-23-10-24-11/h9-10,13-14H,1-8H2,(H,23,24)(H,34,35)(H,36,37)(H2,25,26,27). The van der Waals surface area contributed by atoms with Crippen LogP contribution in [0.2, 0.25) is 0 Å². The average molecular weight is 515 g/mol. The average Bonchev–Trinajstić information content (AvgIpc) is 3.50. The molecule has 2 unspecified atom stereocenters. The Morgan fingerprint density at radius 3 is 2.46 bits per heavy atom. The molecule has 2 aromatic rings. The van der Waals surface area contributed by atoms with E-state index in [0.29, 0.717) is 17.0 Å². The molecule has 2 aliphatic heterocycles. The molecule has 4 amide bonds. The molecule has 15 heteroatoms. The summed E-state index contributed by atoms with van der Waals surface area (Å²) >= 11 is 0. The van der Waals surface area contributed by atoms with Gasteiger partial charge in [0.15, 0.2) is 5.69 Å². The van der Waals surface area contributed by atoms with Gasteiger partial charge in [0, 0.05) is 44.8 Å². The van der Waals surface area contributed by atoms with Crippen LogP contribution in [-0.2, 0) is 36.8 Å². The Morgan fingerprint density at radius 2 is 1.84 bits per heavy atom. The lowest BCUT2D eigenvalue weighted by atomic mass is 10.00.